The first-order valence-electron chi connectivity index (χ1n) is 4.77. The molecule has 0 aliphatic carbocycles. The summed E-state index contributed by atoms with van der Waals surface area (Å²) in [5, 5.41) is 3.70. The molecule has 82 valence electrons. The Morgan fingerprint density at radius 1 is 1.44 bits per heavy atom. The van der Waals surface area contributed by atoms with Gasteiger partial charge >= 0.3 is 0 Å². The van der Waals surface area contributed by atoms with Crippen LogP contribution in [0.15, 0.2) is 33.3 Å². The molecule has 1 heterocycles. The van der Waals surface area contributed by atoms with Gasteiger partial charge in [-0.05, 0) is 17.7 Å². The summed E-state index contributed by atoms with van der Waals surface area (Å²) in [7, 11) is 0. The zero-order valence-electron chi connectivity index (χ0n) is 8.39. The molecule has 1 aromatic heterocycles. The Hall–Kier alpha value is -1.49. The Kier molecular flexibility index (Phi) is 3.46. The highest BCUT2D eigenvalue weighted by Crippen LogP contribution is 2.14. The lowest BCUT2D eigenvalue weighted by Crippen LogP contribution is -1.91. The largest absolute Gasteiger partial charge is 0.339 e. The topological polar surface area (TPSA) is 56.0 Å². The summed E-state index contributed by atoms with van der Waals surface area (Å²) in [5.74, 6) is 0.954. The SMILES string of the molecule is O=CCc1noc(Cc2cccc(Br)c2)n1. The molecule has 2 aromatic rings. The normalized spacial score (nSPS) is 10.3. The minimum absolute atomic E-state index is 0.196. The summed E-state index contributed by atoms with van der Waals surface area (Å²) in [6.45, 7) is 0. The Morgan fingerprint density at radius 2 is 2.31 bits per heavy atom. The molecule has 0 saturated carbocycles. The monoisotopic (exact) mass is 280 g/mol. The van der Waals surface area contributed by atoms with Gasteiger partial charge in [-0.2, -0.15) is 4.98 Å². The van der Waals surface area contributed by atoms with Crippen LogP contribution < -0.4 is 0 Å². The van der Waals surface area contributed by atoms with Crippen LogP contribution in [-0.4, -0.2) is 16.4 Å². The molecule has 0 spiro atoms. The third-order valence-electron chi connectivity index (χ3n) is 2.02. The number of hydrogen-bond acceptors (Lipinski definition) is 4. The lowest BCUT2D eigenvalue weighted by Gasteiger charge is -1.96. The van der Waals surface area contributed by atoms with E-state index in [1.165, 1.54) is 0 Å². The van der Waals surface area contributed by atoms with E-state index in [9.17, 15) is 4.79 Å². The smallest absolute Gasteiger partial charge is 0.231 e. The second-order valence-electron chi connectivity index (χ2n) is 3.28. The van der Waals surface area contributed by atoms with E-state index in [-0.39, 0.29) is 6.42 Å². The summed E-state index contributed by atoms with van der Waals surface area (Å²) in [6.07, 6.45) is 1.53. The van der Waals surface area contributed by atoms with Crippen molar-refractivity contribution in [3.63, 3.8) is 0 Å². The third-order valence-corrected chi connectivity index (χ3v) is 2.51. The first-order valence-corrected chi connectivity index (χ1v) is 5.57. The zero-order valence-corrected chi connectivity index (χ0v) is 9.98. The Morgan fingerprint density at radius 3 is 3.06 bits per heavy atom. The Balaban J connectivity index is 2.11. The molecule has 5 heteroatoms. The van der Waals surface area contributed by atoms with E-state index in [0.29, 0.717) is 18.1 Å². The van der Waals surface area contributed by atoms with Crippen LogP contribution in [0, 0.1) is 0 Å². The van der Waals surface area contributed by atoms with Crippen LogP contribution in [-0.2, 0) is 17.6 Å². The van der Waals surface area contributed by atoms with Crippen molar-refractivity contribution in [1.29, 1.82) is 0 Å². The molecule has 0 unspecified atom stereocenters. The molecule has 1 aromatic carbocycles. The number of rotatable bonds is 4. The Labute approximate surface area is 101 Å². The maximum atomic E-state index is 10.3. The highest BCUT2D eigenvalue weighted by Gasteiger charge is 2.06. The van der Waals surface area contributed by atoms with E-state index >= 15 is 0 Å². The number of halogens is 1. The summed E-state index contributed by atoms with van der Waals surface area (Å²) >= 11 is 3.39. The molecule has 0 atom stereocenters. The Bertz CT molecular complexity index is 496. The van der Waals surface area contributed by atoms with E-state index in [1.54, 1.807) is 0 Å². The number of benzene rings is 1. The minimum Gasteiger partial charge on any atom is -0.339 e. The van der Waals surface area contributed by atoms with Gasteiger partial charge in [-0.3, -0.25) is 0 Å². The summed E-state index contributed by atoms with van der Waals surface area (Å²) < 4.78 is 6.04. The van der Waals surface area contributed by atoms with Gasteiger partial charge in [0.1, 0.15) is 6.29 Å². The standard InChI is InChI=1S/C11H9BrN2O2/c12-9-3-1-2-8(6-9)7-11-13-10(4-5-15)14-16-11/h1-3,5-6H,4,7H2. The number of carbonyl (C=O) groups is 1. The predicted octanol–water partition coefficient (Wildman–Crippen LogP) is 2.16. The van der Waals surface area contributed by atoms with Crippen molar-refractivity contribution in [1.82, 2.24) is 10.1 Å². The first-order chi connectivity index (χ1) is 7.78. The molecule has 2 rings (SSSR count). The van der Waals surface area contributed by atoms with Gasteiger partial charge in [0.15, 0.2) is 5.82 Å². The first kappa shape index (κ1) is 11.0. The highest BCUT2D eigenvalue weighted by molar-refractivity contribution is 9.10. The van der Waals surface area contributed by atoms with Crippen molar-refractivity contribution in [2.75, 3.05) is 0 Å². The average Bonchev–Trinajstić information content (AvgIpc) is 2.66. The van der Waals surface area contributed by atoms with Crippen LogP contribution in [0.4, 0.5) is 0 Å². The van der Waals surface area contributed by atoms with Gasteiger partial charge in [0.25, 0.3) is 0 Å². The minimum atomic E-state index is 0.196. The number of nitrogens with zero attached hydrogens (tertiary/aromatic N) is 2. The van der Waals surface area contributed by atoms with Crippen LogP contribution in [0.3, 0.4) is 0 Å². The van der Waals surface area contributed by atoms with E-state index < -0.39 is 0 Å². The van der Waals surface area contributed by atoms with Crippen LogP contribution in [0.1, 0.15) is 17.3 Å². The molecular weight excluding hydrogens is 272 g/mol. The summed E-state index contributed by atoms with van der Waals surface area (Å²) in [4.78, 5) is 14.4. The van der Waals surface area contributed by atoms with Crippen LogP contribution in [0.5, 0.6) is 0 Å². The van der Waals surface area contributed by atoms with Gasteiger partial charge < -0.3 is 9.32 Å². The van der Waals surface area contributed by atoms with Crippen molar-refractivity contribution in [3.8, 4) is 0 Å². The van der Waals surface area contributed by atoms with Gasteiger partial charge in [0.05, 0.1) is 12.8 Å². The van der Waals surface area contributed by atoms with Gasteiger partial charge in [-0.25, -0.2) is 0 Å². The van der Waals surface area contributed by atoms with Crippen molar-refractivity contribution in [3.05, 3.63) is 46.0 Å². The summed E-state index contributed by atoms with van der Waals surface area (Å²) in [5.41, 5.74) is 1.08. The van der Waals surface area contributed by atoms with Gasteiger partial charge in [0.2, 0.25) is 5.89 Å². The molecule has 0 radical (unpaired) electrons. The van der Waals surface area contributed by atoms with Crippen LogP contribution in [0.2, 0.25) is 0 Å². The molecule has 0 aliphatic heterocycles. The highest BCUT2D eigenvalue weighted by atomic mass is 79.9. The van der Waals surface area contributed by atoms with Crippen molar-refractivity contribution in [2.24, 2.45) is 0 Å². The molecule has 4 nitrogen and oxygen atoms in total. The second-order valence-corrected chi connectivity index (χ2v) is 4.20. The third kappa shape index (κ3) is 2.76. The molecule has 0 bridgehead atoms. The fraction of sp³-hybridized carbons (Fsp3) is 0.182. The van der Waals surface area contributed by atoms with Crippen molar-refractivity contribution < 1.29 is 9.32 Å². The lowest BCUT2D eigenvalue weighted by molar-refractivity contribution is -0.107. The van der Waals surface area contributed by atoms with Gasteiger partial charge in [-0.1, -0.05) is 33.2 Å². The number of aromatic nitrogens is 2. The van der Waals surface area contributed by atoms with Gasteiger partial charge in [0, 0.05) is 4.47 Å². The molecule has 0 N–H and O–H groups in total. The van der Waals surface area contributed by atoms with E-state index in [1.807, 2.05) is 24.3 Å². The van der Waals surface area contributed by atoms with Gasteiger partial charge in [-0.15, -0.1) is 0 Å². The number of aldehydes is 1. The van der Waals surface area contributed by atoms with E-state index in [2.05, 4.69) is 26.1 Å². The number of hydrogen-bond donors (Lipinski definition) is 0. The van der Waals surface area contributed by atoms with E-state index in [0.717, 1.165) is 16.3 Å². The summed E-state index contributed by atoms with van der Waals surface area (Å²) in [6, 6.07) is 7.87. The lowest BCUT2D eigenvalue weighted by atomic mass is 10.1. The molecule has 0 fully saturated rings. The van der Waals surface area contributed by atoms with Crippen molar-refractivity contribution >= 4 is 22.2 Å². The van der Waals surface area contributed by atoms with E-state index in [4.69, 9.17) is 4.52 Å². The maximum Gasteiger partial charge on any atom is 0.231 e. The predicted molar refractivity (Wildman–Crippen MR) is 61.0 cm³/mol. The second kappa shape index (κ2) is 5.03. The molecule has 0 aliphatic rings. The quantitative estimate of drug-likeness (QED) is 0.806. The fourth-order valence-electron chi connectivity index (χ4n) is 1.34. The number of carbonyl (C=O) groups excluding carboxylic acids is 1. The maximum absolute atomic E-state index is 10.3. The molecular formula is C11H9BrN2O2. The van der Waals surface area contributed by atoms with Crippen LogP contribution in [0.25, 0.3) is 0 Å². The van der Waals surface area contributed by atoms with Crippen molar-refractivity contribution in [2.45, 2.75) is 12.8 Å². The molecule has 0 saturated heterocycles. The fourth-order valence-corrected chi connectivity index (χ4v) is 1.79. The van der Waals surface area contributed by atoms with Crippen LogP contribution >= 0.6 is 15.9 Å². The average molecular weight is 281 g/mol. The molecule has 16 heavy (non-hydrogen) atoms. The zero-order chi connectivity index (χ0) is 11.4. The molecule has 0 amide bonds.